The summed E-state index contributed by atoms with van der Waals surface area (Å²) >= 11 is 0. The van der Waals surface area contributed by atoms with Crippen LogP contribution in [0.4, 0.5) is 0 Å². The van der Waals surface area contributed by atoms with Crippen LogP contribution in [0.2, 0.25) is 0 Å². The molecule has 2 rings (SSSR count). The predicted molar refractivity (Wildman–Crippen MR) is 73.5 cm³/mol. The zero-order valence-electron chi connectivity index (χ0n) is 11.7. The van der Waals surface area contributed by atoms with Crippen LogP contribution < -0.4 is 4.74 Å². The third kappa shape index (κ3) is 2.61. The highest BCUT2D eigenvalue weighted by Gasteiger charge is 2.44. The lowest BCUT2D eigenvalue weighted by molar-refractivity contribution is -0.142. The van der Waals surface area contributed by atoms with Crippen LogP contribution in [0, 0.1) is 5.92 Å². The highest BCUT2D eigenvalue weighted by atomic mass is 16.5. The van der Waals surface area contributed by atoms with Crippen LogP contribution in [0.1, 0.15) is 31.4 Å². The maximum absolute atomic E-state index is 12.0. The Balaban J connectivity index is 2.35. The van der Waals surface area contributed by atoms with Crippen molar-refractivity contribution in [3.63, 3.8) is 0 Å². The number of carbonyl (C=O) groups is 2. The molecule has 1 N–H and O–H groups in total. The van der Waals surface area contributed by atoms with Gasteiger partial charge in [0.15, 0.2) is 0 Å². The minimum atomic E-state index is -0.919. The number of methoxy groups -OCH3 is 1. The molecule has 1 aromatic rings. The van der Waals surface area contributed by atoms with Gasteiger partial charge in [-0.25, -0.2) is 0 Å². The molecule has 0 saturated carbocycles. The summed E-state index contributed by atoms with van der Waals surface area (Å²) in [4.78, 5) is 25.1. The maximum Gasteiger partial charge on any atom is 0.309 e. The van der Waals surface area contributed by atoms with E-state index in [0.717, 1.165) is 12.0 Å². The van der Waals surface area contributed by atoms with Crippen LogP contribution >= 0.6 is 0 Å². The molecule has 1 saturated heterocycles. The Morgan fingerprint density at radius 1 is 1.40 bits per heavy atom. The van der Waals surface area contributed by atoms with Crippen LogP contribution in [-0.4, -0.2) is 35.5 Å². The van der Waals surface area contributed by atoms with Gasteiger partial charge in [-0.2, -0.15) is 0 Å². The second-order valence-electron chi connectivity index (χ2n) is 4.95. The molecule has 5 heteroatoms. The summed E-state index contributed by atoms with van der Waals surface area (Å²) in [5.74, 6) is -0.965. The summed E-state index contributed by atoms with van der Waals surface area (Å²) < 4.78 is 5.10. The molecule has 5 nitrogen and oxygen atoms in total. The van der Waals surface area contributed by atoms with Gasteiger partial charge in [0.05, 0.1) is 19.1 Å². The van der Waals surface area contributed by atoms with Gasteiger partial charge < -0.3 is 14.7 Å². The number of hydrogen-bond donors (Lipinski definition) is 1. The van der Waals surface area contributed by atoms with E-state index >= 15 is 0 Å². The lowest BCUT2D eigenvalue weighted by atomic mass is 9.93. The number of nitrogens with zero attached hydrogens (tertiary/aromatic N) is 1. The summed E-state index contributed by atoms with van der Waals surface area (Å²) in [5, 5.41) is 9.35. The summed E-state index contributed by atoms with van der Waals surface area (Å²) in [7, 11) is 1.58. The summed E-state index contributed by atoms with van der Waals surface area (Å²) in [6, 6.07) is 6.87. The molecule has 0 bridgehead atoms. The monoisotopic (exact) mass is 277 g/mol. The first-order chi connectivity index (χ1) is 9.58. The Bertz CT molecular complexity index is 497. The first-order valence-corrected chi connectivity index (χ1v) is 6.74. The SMILES string of the molecule is CCCN1C(=O)C[C@H](C(=O)O)[C@H]1c1ccc(OC)cc1. The van der Waals surface area contributed by atoms with Crippen LogP contribution in [0.15, 0.2) is 24.3 Å². The quantitative estimate of drug-likeness (QED) is 0.894. The topological polar surface area (TPSA) is 66.8 Å². The van der Waals surface area contributed by atoms with Gasteiger partial charge >= 0.3 is 5.97 Å². The summed E-state index contributed by atoms with van der Waals surface area (Å²) in [6.45, 7) is 2.56. The number of aliphatic carboxylic acids is 1. The maximum atomic E-state index is 12.0. The number of rotatable bonds is 5. The van der Waals surface area contributed by atoms with E-state index in [1.54, 1.807) is 24.1 Å². The largest absolute Gasteiger partial charge is 0.497 e. The lowest BCUT2D eigenvalue weighted by Crippen LogP contribution is -2.31. The molecule has 1 heterocycles. The van der Waals surface area contributed by atoms with Crippen molar-refractivity contribution >= 4 is 11.9 Å². The van der Waals surface area contributed by atoms with Crippen molar-refractivity contribution in [1.82, 2.24) is 4.90 Å². The van der Waals surface area contributed by atoms with E-state index < -0.39 is 11.9 Å². The molecule has 1 amide bonds. The van der Waals surface area contributed by atoms with Crippen molar-refractivity contribution in [1.29, 1.82) is 0 Å². The minimum Gasteiger partial charge on any atom is -0.497 e. The molecule has 0 unspecified atom stereocenters. The van der Waals surface area contributed by atoms with E-state index in [1.165, 1.54) is 0 Å². The normalized spacial score (nSPS) is 22.1. The van der Waals surface area contributed by atoms with Crippen LogP contribution in [0.5, 0.6) is 5.75 Å². The zero-order valence-corrected chi connectivity index (χ0v) is 11.7. The molecule has 1 aliphatic rings. The number of likely N-dealkylation sites (tertiary alicyclic amines) is 1. The van der Waals surface area contributed by atoms with Gasteiger partial charge in [-0.3, -0.25) is 9.59 Å². The van der Waals surface area contributed by atoms with Crippen molar-refractivity contribution in [2.24, 2.45) is 5.92 Å². The molecule has 20 heavy (non-hydrogen) atoms. The van der Waals surface area contributed by atoms with Gasteiger partial charge in [0.1, 0.15) is 5.75 Å². The molecule has 2 atom stereocenters. The molecule has 0 spiro atoms. The number of carboxylic acid groups (broad SMARTS) is 1. The molecular formula is C15H19NO4. The molecule has 0 aromatic heterocycles. The fourth-order valence-electron chi connectivity index (χ4n) is 2.73. The Morgan fingerprint density at radius 2 is 2.05 bits per heavy atom. The molecule has 1 aliphatic heterocycles. The number of carboxylic acids is 1. The standard InChI is InChI=1S/C15H19NO4/c1-3-8-16-13(17)9-12(15(18)19)14(16)10-4-6-11(20-2)7-5-10/h4-7,12,14H,3,8-9H2,1-2H3,(H,18,19)/t12-,14+/m0/s1. The van der Waals surface area contributed by atoms with Gasteiger partial charge in [-0.15, -0.1) is 0 Å². The van der Waals surface area contributed by atoms with Crippen LogP contribution in [0.25, 0.3) is 0 Å². The highest BCUT2D eigenvalue weighted by molar-refractivity contribution is 5.87. The Labute approximate surface area is 118 Å². The first kappa shape index (κ1) is 14.4. The van der Waals surface area contributed by atoms with E-state index in [4.69, 9.17) is 4.74 Å². The fourth-order valence-corrected chi connectivity index (χ4v) is 2.73. The van der Waals surface area contributed by atoms with Gasteiger partial charge in [-0.1, -0.05) is 19.1 Å². The van der Waals surface area contributed by atoms with E-state index in [-0.39, 0.29) is 18.4 Å². The number of ether oxygens (including phenoxy) is 1. The molecule has 1 fully saturated rings. The fraction of sp³-hybridized carbons (Fsp3) is 0.467. The van der Waals surface area contributed by atoms with Crippen molar-refractivity contribution in [2.45, 2.75) is 25.8 Å². The van der Waals surface area contributed by atoms with Gasteiger partial charge in [-0.05, 0) is 24.1 Å². The smallest absolute Gasteiger partial charge is 0.309 e. The highest BCUT2D eigenvalue weighted by Crippen LogP contribution is 2.38. The number of amides is 1. The summed E-state index contributed by atoms with van der Waals surface area (Å²) in [5.41, 5.74) is 0.845. The van der Waals surface area contributed by atoms with Crippen molar-refractivity contribution in [3.8, 4) is 5.75 Å². The van der Waals surface area contributed by atoms with Gasteiger partial charge in [0.2, 0.25) is 5.91 Å². The number of hydrogen-bond acceptors (Lipinski definition) is 3. The van der Waals surface area contributed by atoms with Crippen molar-refractivity contribution < 1.29 is 19.4 Å². The predicted octanol–water partition coefficient (Wildman–Crippen LogP) is 2.08. The van der Waals surface area contributed by atoms with Gasteiger partial charge in [0, 0.05) is 13.0 Å². The van der Waals surface area contributed by atoms with Crippen molar-refractivity contribution in [3.05, 3.63) is 29.8 Å². The van der Waals surface area contributed by atoms with Crippen molar-refractivity contribution in [2.75, 3.05) is 13.7 Å². The van der Waals surface area contributed by atoms with E-state index in [2.05, 4.69) is 0 Å². The molecule has 0 aliphatic carbocycles. The average Bonchev–Trinajstić information content (AvgIpc) is 2.77. The molecular weight excluding hydrogens is 258 g/mol. The second-order valence-corrected chi connectivity index (χ2v) is 4.95. The van der Waals surface area contributed by atoms with E-state index in [0.29, 0.717) is 12.3 Å². The molecule has 0 radical (unpaired) electrons. The lowest BCUT2D eigenvalue weighted by Gasteiger charge is -2.27. The van der Waals surface area contributed by atoms with Crippen LogP contribution in [-0.2, 0) is 9.59 Å². The second kappa shape index (κ2) is 5.94. The third-order valence-electron chi connectivity index (χ3n) is 3.67. The minimum absolute atomic E-state index is 0.0754. The molecule has 1 aromatic carbocycles. The zero-order chi connectivity index (χ0) is 14.7. The Morgan fingerprint density at radius 3 is 2.55 bits per heavy atom. The van der Waals surface area contributed by atoms with E-state index in [9.17, 15) is 14.7 Å². The first-order valence-electron chi connectivity index (χ1n) is 6.74. The Hall–Kier alpha value is -2.04. The van der Waals surface area contributed by atoms with E-state index in [1.807, 2.05) is 19.1 Å². The van der Waals surface area contributed by atoms with Gasteiger partial charge in [0.25, 0.3) is 0 Å². The summed E-state index contributed by atoms with van der Waals surface area (Å²) in [6.07, 6.45) is 0.886. The number of carbonyl (C=O) groups excluding carboxylic acids is 1. The average molecular weight is 277 g/mol. The third-order valence-corrected chi connectivity index (χ3v) is 3.67. The number of benzene rings is 1. The molecule has 108 valence electrons. The van der Waals surface area contributed by atoms with Crippen LogP contribution in [0.3, 0.4) is 0 Å². The Kier molecular flexibility index (Phi) is 4.27.